The highest BCUT2D eigenvalue weighted by atomic mass is 16.5. The number of hydrogen-bond acceptors (Lipinski definition) is 9. The van der Waals surface area contributed by atoms with E-state index in [0.717, 1.165) is 58.3 Å². The van der Waals surface area contributed by atoms with Gasteiger partial charge < -0.3 is 19.9 Å². The Morgan fingerprint density at radius 1 is 1.02 bits per heavy atom. The van der Waals surface area contributed by atoms with Crippen molar-refractivity contribution in [3.8, 4) is 28.3 Å². The minimum Gasteiger partial charge on any atom is -0.491 e. The Morgan fingerprint density at radius 3 is 2.35 bits per heavy atom. The number of nitrogens with one attached hydrogen (secondary N) is 1. The summed E-state index contributed by atoms with van der Waals surface area (Å²) < 4.78 is 11.3. The number of aliphatic carboxylic acids is 1. The van der Waals surface area contributed by atoms with Gasteiger partial charge in [0.2, 0.25) is 0 Å². The number of aromatic nitrogens is 3. The molecule has 0 amide bonds. The molecule has 0 aliphatic rings. The topological polar surface area (TPSA) is 141 Å². The molecule has 0 fully saturated rings. The van der Waals surface area contributed by atoms with Crippen molar-refractivity contribution < 1.29 is 29.0 Å². The predicted octanol–water partition coefficient (Wildman–Crippen LogP) is 5.52. The lowest BCUT2D eigenvalue weighted by Crippen LogP contribution is -2.07. The third kappa shape index (κ3) is 10.4. The molecule has 0 atom stereocenters. The molecule has 0 saturated heterocycles. The smallest absolute Gasteiger partial charge is 0.373 e. The number of anilines is 1. The summed E-state index contributed by atoms with van der Waals surface area (Å²) in [5, 5.41) is 11.8. The molecule has 210 valence electrons. The van der Waals surface area contributed by atoms with Crippen LogP contribution in [-0.2, 0) is 19.1 Å². The van der Waals surface area contributed by atoms with Crippen molar-refractivity contribution in [1.29, 1.82) is 0 Å². The van der Waals surface area contributed by atoms with Crippen molar-refractivity contribution >= 4 is 28.8 Å². The minimum absolute atomic E-state index is 0. The van der Waals surface area contributed by atoms with Crippen molar-refractivity contribution in [2.75, 3.05) is 32.2 Å². The number of carboxylic acid groups (broad SMARTS) is 1. The third-order valence-corrected chi connectivity index (χ3v) is 5.04. The van der Waals surface area contributed by atoms with Gasteiger partial charge in [-0.25, -0.2) is 14.8 Å². The lowest BCUT2D eigenvalue weighted by molar-refractivity contribution is -0.191. The van der Waals surface area contributed by atoms with E-state index >= 15 is 0 Å². The Hall–Kier alpha value is -4.92. The SMILES string of the molecule is C.C=CC(=O)O.CCCOCCOc1cccc(-c2ccc3nc(-c4cccnc4)nc(NC)c3c2)c1.O=C=O. The molecular formula is C30H34N4O6. The van der Waals surface area contributed by atoms with E-state index in [4.69, 9.17) is 34.1 Å². The minimum atomic E-state index is -0.981. The van der Waals surface area contributed by atoms with Gasteiger partial charge in [0.15, 0.2) is 5.82 Å². The maximum Gasteiger partial charge on any atom is 0.373 e. The van der Waals surface area contributed by atoms with Gasteiger partial charge in [0.05, 0.1) is 12.1 Å². The summed E-state index contributed by atoms with van der Waals surface area (Å²) >= 11 is 0. The van der Waals surface area contributed by atoms with Crippen LogP contribution >= 0.6 is 0 Å². The number of ether oxygens (including phenoxy) is 2. The standard InChI is InChI=1S/C25H26N4O2.C3H4O2.CO2.CH4/c1-3-12-30-13-14-31-21-8-4-6-18(15-21)19-9-10-23-22(16-19)25(26-2)29-24(28-23)20-7-5-11-27-17-20;1-2-3(4)5;2-1-3;/h4-11,15-17H,3,12-14H2,1-2H3,(H,26,28,29);2H,1H2,(H,4,5);;1H4. The van der Waals surface area contributed by atoms with Gasteiger partial charge in [-0.15, -0.1) is 0 Å². The Balaban J connectivity index is 0.000000789. The van der Waals surface area contributed by atoms with E-state index in [1.54, 1.807) is 12.4 Å². The average molecular weight is 547 g/mol. The van der Waals surface area contributed by atoms with E-state index in [-0.39, 0.29) is 13.6 Å². The highest BCUT2D eigenvalue weighted by molar-refractivity contribution is 5.94. The first-order valence-corrected chi connectivity index (χ1v) is 12.0. The van der Waals surface area contributed by atoms with Crippen LogP contribution in [0.15, 0.2) is 79.6 Å². The largest absolute Gasteiger partial charge is 0.491 e. The second kappa shape index (κ2) is 18.4. The Labute approximate surface area is 233 Å². The molecule has 0 bridgehead atoms. The van der Waals surface area contributed by atoms with Crippen LogP contribution in [-0.4, -0.2) is 59.0 Å². The van der Waals surface area contributed by atoms with Crippen LogP contribution in [0, 0.1) is 0 Å². The second-order valence-electron chi connectivity index (χ2n) is 7.73. The van der Waals surface area contributed by atoms with Crippen LogP contribution < -0.4 is 10.1 Å². The van der Waals surface area contributed by atoms with Gasteiger partial charge in [-0.1, -0.05) is 39.1 Å². The van der Waals surface area contributed by atoms with E-state index in [0.29, 0.717) is 19.0 Å². The number of fused-ring (bicyclic) bond motifs is 1. The number of rotatable bonds is 10. The fourth-order valence-corrected chi connectivity index (χ4v) is 3.35. The number of carboxylic acids is 1. The quantitative estimate of drug-likeness (QED) is 0.193. The molecule has 10 nitrogen and oxygen atoms in total. The number of pyridine rings is 1. The monoisotopic (exact) mass is 546 g/mol. The van der Waals surface area contributed by atoms with E-state index in [1.807, 2.05) is 43.4 Å². The summed E-state index contributed by atoms with van der Waals surface area (Å²) in [4.78, 5) is 39.1. The molecule has 10 heteroatoms. The molecule has 4 aromatic rings. The molecule has 2 N–H and O–H groups in total. The average Bonchev–Trinajstić information content (AvgIpc) is 2.97. The fraction of sp³-hybridized carbons (Fsp3) is 0.233. The molecule has 0 unspecified atom stereocenters. The normalized spacial score (nSPS) is 9.45. The van der Waals surface area contributed by atoms with Crippen molar-refractivity contribution in [2.24, 2.45) is 0 Å². The van der Waals surface area contributed by atoms with Crippen molar-refractivity contribution in [2.45, 2.75) is 20.8 Å². The van der Waals surface area contributed by atoms with Gasteiger partial charge in [0.25, 0.3) is 0 Å². The second-order valence-corrected chi connectivity index (χ2v) is 7.73. The van der Waals surface area contributed by atoms with Crippen LogP contribution in [0.2, 0.25) is 0 Å². The molecule has 2 aromatic heterocycles. The molecular weight excluding hydrogens is 512 g/mol. The van der Waals surface area contributed by atoms with Gasteiger partial charge in [0.1, 0.15) is 18.2 Å². The van der Waals surface area contributed by atoms with Gasteiger partial charge in [-0.2, -0.15) is 9.59 Å². The Kier molecular flexibility index (Phi) is 15.2. The van der Waals surface area contributed by atoms with E-state index in [9.17, 15) is 4.79 Å². The summed E-state index contributed by atoms with van der Waals surface area (Å²) in [6.07, 6.45) is 5.61. The fourth-order valence-electron chi connectivity index (χ4n) is 3.35. The van der Waals surface area contributed by atoms with E-state index in [1.165, 1.54) is 0 Å². The molecule has 2 heterocycles. The highest BCUT2D eigenvalue weighted by Gasteiger charge is 2.11. The zero-order chi connectivity index (χ0) is 28.5. The first kappa shape index (κ1) is 33.1. The first-order valence-electron chi connectivity index (χ1n) is 12.0. The van der Waals surface area contributed by atoms with Crippen molar-refractivity contribution in [3.63, 3.8) is 0 Å². The Morgan fingerprint density at radius 2 is 1.73 bits per heavy atom. The maximum atomic E-state index is 9.25. The summed E-state index contributed by atoms with van der Waals surface area (Å²) in [7, 11) is 1.87. The lowest BCUT2D eigenvalue weighted by Gasteiger charge is -2.11. The molecule has 0 aliphatic carbocycles. The first-order chi connectivity index (χ1) is 19.0. The summed E-state index contributed by atoms with van der Waals surface area (Å²) in [5.41, 5.74) is 3.92. The molecule has 0 radical (unpaired) electrons. The number of benzene rings is 2. The van der Waals surface area contributed by atoms with E-state index < -0.39 is 5.97 Å². The molecule has 4 rings (SSSR count). The summed E-state index contributed by atoms with van der Waals surface area (Å²) in [6.45, 7) is 6.95. The zero-order valence-corrected chi connectivity index (χ0v) is 21.8. The van der Waals surface area contributed by atoms with Crippen LogP contribution in [0.4, 0.5) is 5.82 Å². The molecule has 40 heavy (non-hydrogen) atoms. The predicted molar refractivity (Wildman–Crippen MR) is 154 cm³/mol. The zero-order valence-electron chi connectivity index (χ0n) is 21.8. The summed E-state index contributed by atoms with van der Waals surface area (Å²) in [5.74, 6) is 1.28. The van der Waals surface area contributed by atoms with Crippen molar-refractivity contribution in [3.05, 3.63) is 79.6 Å². The van der Waals surface area contributed by atoms with Crippen molar-refractivity contribution in [1.82, 2.24) is 15.0 Å². The molecule has 2 aromatic carbocycles. The third-order valence-electron chi connectivity index (χ3n) is 5.04. The number of nitrogens with zero attached hydrogens (tertiary/aromatic N) is 3. The Bertz CT molecular complexity index is 1390. The van der Waals surface area contributed by atoms with Gasteiger partial charge >= 0.3 is 12.1 Å². The molecule has 0 aliphatic heterocycles. The highest BCUT2D eigenvalue weighted by Crippen LogP contribution is 2.30. The van der Waals surface area contributed by atoms with Crippen LogP contribution in [0.1, 0.15) is 20.8 Å². The molecule has 0 saturated carbocycles. The van der Waals surface area contributed by atoms with Crippen LogP contribution in [0.3, 0.4) is 0 Å². The maximum absolute atomic E-state index is 9.25. The number of carbonyl (C=O) groups excluding carboxylic acids is 2. The van der Waals surface area contributed by atoms with Gasteiger partial charge in [0, 0.05) is 43.1 Å². The summed E-state index contributed by atoms with van der Waals surface area (Å²) in [6, 6.07) is 18.1. The van der Waals surface area contributed by atoms with Gasteiger partial charge in [-0.05, 0) is 53.9 Å². The molecule has 0 spiro atoms. The number of carbonyl (C=O) groups is 1. The lowest BCUT2D eigenvalue weighted by atomic mass is 10.0. The van der Waals surface area contributed by atoms with E-state index in [2.05, 4.69) is 42.0 Å². The van der Waals surface area contributed by atoms with Crippen LogP contribution in [0.25, 0.3) is 33.4 Å². The van der Waals surface area contributed by atoms with Crippen LogP contribution in [0.5, 0.6) is 5.75 Å². The number of hydrogen-bond donors (Lipinski definition) is 2. The van der Waals surface area contributed by atoms with Gasteiger partial charge in [-0.3, -0.25) is 4.98 Å².